The molecule has 2 aromatic rings. The zero-order chi connectivity index (χ0) is 20.1. The standard InChI is InChI=1S/C21H24N2O4/c1-5-10-27-16-8-6-15(7-9-16)19(24)18-14(4)17(11-22)20(25)23(21(18)26)12-13(2)3/h6-9,13,26H,5,10,12H2,1-4H3. The molecular weight excluding hydrogens is 344 g/mol. The second-order valence-corrected chi connectivity index (χ2v) is 6.82. The van der Waals surface area contributed by atoms with Crippen LogP contribution in [0.3, 0.4) is 0 Å². The first kappa shape index (κ1) is 20.2. The molecule has 0 aliphatic carbocycles. The molecule has 0 aliphatic rings. The maximum Gasteiger partial charge on any atom is 0.271 e. The molecule has 2 rings (SSSR count). The van der Waals surface area contributed by atoms with Crippen molar-refractivity contribution in [3.8, 4) is 17.7 Å². The number of pyridine rings is 1. The molecule has 0 aliphatic heterocycles. The lowest BCUT2D eigenvalue weighted by atomic mass is 9.97. The summed E-state index contributed by atoms with van der Waals surface area (Å²) in [4.78, 5) is 25.5. The number of ether oxygens (including phenoxy) is 1. The number of nitriles is 1. The Bertz CT molecular complexity index is 935. The van der Waals surface area contributed by atoms with Gasteiger partial charge in [-0.2, -0.15) is 5.26 Å². The number of aromatic nitrogens is 1. The van der Waals surface area contributed by atoms with Gasteiger partial charge < -0.3 is 9.84 Å². The molecule has 1 aromatic heterocycles. The number of benzene rings is 1. The van der Waals surface area contributed by atoms with Gasteiger partial charge in [0, 0.05) is 12.1 Å². The van der Waals surface area contributed by atoms with Crippen LogP contribution in [0.5, 0.6) is 11.6 Å². The summed E-state index contributed by atoms with van der Waals surface area (Å²) < 4.78 is 6.61. The van der Waals surface area contributed by atoms with Crippen LogP contribution in [0.4, 0.5) is 0 Å². The topological polar surface area (TPSA) is 92.3 Å². The second-order valence-electron chi connectivity index (χ2n) is 6.82. The van der Waals surface area contributed by atoms with Crippen molar-refractivity contribution in [3.63, 3.8) is 0 Å². The lowest BCUT2D eigenvalue weighted by Crippen LogP contribution is -2.28. The molecule has 0 saturated carbocycles. The second kappa shape index (κ2) is 8.54. The zero-order valence-corrected chi connectivity index (χ0v) is 16.1. The molecule has 27 heavy (non-hydrogen) atoms. The van der Waals surface area contributed by atoms with E-state index >= 15 is 0 Å². The smallest absolute Gasteiger partial charge is 0.271 e. The molecule has 6 nitrogen and oxygen atoms in total. The van der Waals surface area contributed by atoms with Crippen LogP contribution in [-0.4, -0.2) is 22.1 Å². The van der Waals surface area contributed by atoms with Gasteiger partial charge in [0.15, 0.2) is 5.78 Å². The van der Waals surface area contributed by atoms with Gasteiger partial charge in [0.1, 0.15) is 17.4 Å². The van der Waals surface area contributed by atoms with E-state index in [9.17, 15) is 20.0 Å². The lowest BCUT2D eigenvalue weighted by Gasteiger charge is -2.17. The highest BCUT2D eigenvalue weighted by molar-refractivity contribution is 6.11. The van der Waals surface area contributed by atoms with Crippen molar-refractivity contribution in [1.82, 2.24) is 4.57 Å². The normalized spacial score (nSPS) is 10.7. The maximum absolute atomic E-state index is 13.0. The Morgan fingerprint density at radius 2 is 1.93 bits per heavy atom. The van der Waals surface area contributed by atoms with Crippen LogP contribution >= 0.6 is 0 Å². The Kier molecular flexibility index (Phi) is 6.40. The van der Waals surface area contributed by atoms with Crippen molar-refractivity contribution in [3.05, 3.63) is 56.9 Å². The van der Waals surface area contributed by atoms with Crippen molar-refractivity contribution in [2.24, 2.45) is 5.92 Å². The zero-order valence-electron chi connectivity index (χ0n) is 16.1. The predicted molar refractivity (Wildman–Crippen MR) is 102 cm³/mol. The first-order chi connectivity index (χ1) is 12.8. The highest BCUT2D eigenvalue weighted by atomic mass is 16.5. The third kappa shape index (κ3) is 4.20. The monoisotopic (exact) mass is 368 g/mol. The predicted octanol–water partition coefficient (Wildman–Crippen LogP) is 3.41. The van der Waals surface area contributed by atoms with Crippen molar-refractivity contribution < 1.29 is 14.6 Å². The van der Waals surface area contributed by atoms with Gasteiger partial charge in [-0.3, -0.25) is 14.2 Å². The largest absolute Gasteiger partial charge is 0.494 e. The third-order valence-corrected chi connectivity index (χ3v) is 4.16. The molecular formula is C21H24N2O4. The van der Waals surface area contributed by atoms with E-state index in [2.05, 4.69) is 0 Å². The number of hydrogen-bond acceptors (Lipinski definition) is 5. The molecule has 0 atom stereocenters. The Balaban J connectivity index is 2.55. The average Bonchev–Trinajstić information content (AvgIpc) is 2.64. The fourth-order valence-electron chi connectivity index (χ4n) is 2.82. The first-order valence-electron chi connectivity index (χ1n) is 8.95. The molecule has 142 valence electrons. The van der Waals surface area contributed by atoms with Gasteiger partial charge in [0.2, 0.25) is 5.88 Å². The van der Waals surface area contributed by atoms with Gasteiger partial charge in [-0.1, -0.05) is 20.8 Å². The summed E-state index contributed by atoms with van der Waals surface area (Å²) in [5, 5.41) is 20.0. The van der Waals surface area contributed by atoms with Crippen molar-refractivity contribution in [1.29, 1.82) is 5.26 Å². The molecule has 0 radical (unpaired) electrons. The summed E-state index contributed by atoms with van der Waals surface area (Å²) in [5.74, 6) is -0.139. The highest BCUT2D eigenvalue weighted by Crippen LogP contribution is 2.26. The fraction of sp³-hybridized carbons (Fsp3) is 0.381. The van der Waals surface area contributed by atoms with E-state index < -0.39 is 17.2 Å². The highest BCUT2D eigenvalue weighted by Gasteiger charge is 2.25. The van der Waals surface area contributed by atoms with Crippen LogP contribution in [0, 0.1) is 24.2 Å². The minimum Gasteiger partial charge on any atom is -0.494 e. The Morgan fingerprint density at radius 3 is 2.44 bits per heavy atom. The summed E-state index contributed by atoms with van der Waals surface area (Å²) in [7, 11) is 0. The number of ketones is 1. The number of nitrogens with zero attached hydrogens (tertiary/aromatic N) is 2. The Hall–Kier alpha value is -3.07. The molecule has 0 fully saturated rings. The molecule has 1 N–H and O–H groups in total. The van der Waals surface area contributed by atoms with E-state index in [1.54, 1.807) is 24.3 Å². The van der Waals surface area contributed by atoms with Crippen LogP contribution in [0.1, 0.15) is 54.2 Å². The summed E-state index contributed by atoms with van der Waals surface area (Å²) in [6.07, 6.45) is 0.877. The number of carbonyl (C=O) groups excluding carboxylic acids is 1. The summed E-state index contributed by atoms with van der Waals surface area (Å²) in [6.45, 7) is 8.07. The molecule has 0 spiro atoms. The Morgan fingerprint density at radius 1 is 1.30 bits per heavy atom. The molecule has 0 saturated heterocycles. The third-order valence-electron chi connectivity index (χ3n) is 4.16. The minimum absolute atomic E-state index is 0.0194. The van der Waals surface area contributed by atoms with E-state index in [1.165, 1.54) is 6.92 Å². The lowest BCUT2D eigenvalue weighted by molar-refractivity contribution is 0.103. The van der Waals surface area contributed by atoms with E-state index in [0.717, 1.165) is 11.0 Å². The van der Waals surface area contributed by atoms with Gasteiger partial charge in [-0.15, -0.1) is 0 Å². The summed E-state index contributed by atoms with van der Waals surface area (Å²) >= 11 is 0. The van der Waals surface area contributed by atoms with Crippen LogP contribution in [0.2, 0.25) is 0 Å². The van der Waals surface area contributed by atoms with E-state index in [0.29, 0.717) is 17.9 Å². The van der Waals surface area contributed by atoms with Crippen LogP contribution < -0.4 is 10.3 Å². The molecule has 0 amide bonds. The van der Waals surface area contributed by atoms with Crippen LogP contribution in [0.15, 0.2) is 29.1 Å². The fourth-order valence-corrected chi connectivity index (χ4v) is 2.82. The SMILES string of the molecule is CCCOc1ccc(C(=O)c2c(C)c(C#N)c(=O)n(CC(C)C)c2O)cc1. The molecule has 0 bridgehead atoms. The molecule has 1 aromatic carbocycles. The number of carbonyl (C=O) groups is 1. The maximum atomic E-state index is 13.0. The first-order valence-corrected chi connectivity index (χ1v) is 8.95. The van der Waals surface area contributed by atoms with E-state index in [4.69, 9.17) is 4.74 Å². The van der Waals surface area contributed by atoms with Gasteiger partial charge in [0.25, 0.3) is 5.56 Å². The van der Waals surface area contributed by atoms with Crippen LogP contribution in [-0.2, 0) is 6.54 Å². The number of aromatic hydroxyl groups is 1. The molecule has 1 heterocycles. The van der Waals surface area contributed by atoms with Gasteiger partial charge in [0.05, 0.1) is 12.2 Å². The van der Waals surface area contributed by atoms with Crippen molar-refractivity contribution >= 4 is 5.78 Å². The Labute approximate surface area is 158 Å². The minimum atomic E-state index is -0.582. The van der Waals surface area contributed by atoms with Gasteiger partial charge in [-0.25, -0.2) is 0 Å². The van der Waals surface area contributed by atoms with Crippen molar-refractivity contribution in [2.75, 3.05) is 6.61 Å². The van der Waals surface area contributed by atoms with Gasteiger partial charge >= 0.3 is 0 Å². The number of hydrogen-bond donors (Lipinski definition) is 1. The quantitative estimate of drug-likeness (QED) is 0.756. The summed E-state index contributed by atoms with van der Waals surface area (Å²) in [6, 6.07) is 8.45. The van der Waals surface area contributed by atoms with E-state index in [1.807, 2.05) is 26.8 Å². The van der Waals surface area contributed by atoms with Gasteiger partial charge in [-0.05, 0) is 49.1 Å². The summed E-state index contributed by atoms with van der Waals surface area (Å²) in [5.41, 5.74) is -0.193. The average molecular weight is 368 g/mol. The van der Waals surface area contributed by atoms with E-state index in [-0.39, 0.29) is 29.2 Å². The number of rotatable bonds is 7. The molecule has 6 heteroatoms. The van der Waals surface area contributed by atoms with Crippen LogP contribution in [0.25, 0.3) is 0 Å². The van der Waals surface area contributed by atoms with Crippen molar-refractivity contribution in [2.45, 2.75) is 40.7 Å². The molecule has 0 unspecified atom stereocenters.